The van der Waals surface area contributed by atoms with Crippen LogP contribution in [0, 0.1) is 5.92 Å². The number of para-hydroxylation sites is 2. The number of rotatable bonds is 2. The first-order chi connectivity index (χ1) is 21.3. The average Bonchev–Trinajstić information content (AvgIpc) is 3.59. The van der Waals surface area contributed by atoms with Crippen LogP contribution in [0.1, 0.15) is 66.5 Å². The van der Waals surface area contributed by atoms with Crippen LogP contribution in [0.15, 0.2) is 66.5 Å². The highest BCUT2D eigenvalue weighted by Crippen LogP contribution is 2.59. The molecule has 1 fully saturated rings. The van der Waals surface area contributed by atoms with Gasteiger partial charge in [-0.1, -0.05) is 50.2 Å². The van der Waals surface area contributed by atoms with Crippen LogP contribution in [0.2, 0.25) is 0 Å². The summed E-state index contributed by atoms with van der Waals surface area (Å²) < 4.78 is 13.1. The third kappa shape index (κ3) is 4.28. The summed E-state index contributed by atoms with van der Waals surface area (Å²) in [6, 6.07) is 14.5. The molecule has 1 unspecified atom stereocenters. The van der Waals surface area contributed by atoms with Crippen molar-refractivity contribution in [2.75, 3.05) is 11.9 Å². The molecule has 0 saturated carbocycles. The number of ether oxygens (including phenoxy) is 2. The number of benzene rings is 2. The molecule has 242 valence electrons. The smallest absolute Gasteiger partial charge is 0.419 e. The molecular weight excluding hydrogens is 588 g/mol. The van der Waals surface area contributed by atoms with Gasteiger partial charge in [0.15, 0.2) is 0 Å². The number of anilines is 1. The molecule has 4 heterocycles. The van der Waals surface area contributed by atoms with E-state index in [-0.39, 0.29) is 5.70 Å². The molecule has 3 aromatic rings. The molecule has 0 spiro atoms. The molecule has 11 heteroatoms. The van der Waals surface area contributed by atoms with E-state index in [4.69, 9.17) is 9.47 Å². The van der Waals surface area contributed by atoms with Gasteiger partial charge in [0, 0.05) is 24.5 Å². The Balaban J connectivity index is 1.70. The lowest BCUT2D eigenvalue weighted by atomic mass is 9.74. The highest BCUT2D eigenvalue weighted by Gasteiger charge is 2.68. The summed E-state index contributed by atoms with van der Waals surface area (Å²) >= 11 is 0. The predicted molar refractivity (Wildman–Crippen MR) is 171 cm³/mol. The fraction of sp³-hybridized carbons (Fsp3) is 0.429. The van der Waals surface area contributed by atoms with Crippen LogP contribution >= 0.6 is 0 Å². The summed E-state index contributed by atoms with van der Waals surface area (Å²) in [6.45, 7) is 13.9. The molecule has 3 aliphatic heterocycles. The molecule has 2 aromatic carbocycles. The van der Waals surface area contributed by atoms with E-state index in [1.54, 1.807) is 91.9 Å². The van der Waals surface area contributed by atoms with Gasteiger partial charge >= 0.3 is 12.2 Å². The maximum absolute atomic E-state index is 14.6. The van der Waals surface area contributed by atoms with Crippen molar-refractivity contribution in [3.63, 3.8) is 0 Å². The molecule has 0 bridgehead atoms. The molecule has 1 saturated heterocycles. The van der Waals surface area contributed by atoms with E-state index in [0.717, 1.165) is 4.90 Å². The number of carbonyl (C=O) groups excluding carboxylic acids is 4. The Morgan fingerprint density at radius 3 is 2.09 bits per heavy atom. The number of carbonyl (C=O) groups is 4. The molecule has 1 N–H and O–H groups in total. The Morgan fingerprint density at radius 2 is 1.46 bits per heavy atom. The lowest BCUT2D eigenvalue weighted by Crippen LogP contribution is -2.71. The molecule has 6 rings (SSSR count). The minimum absolute atomic E-state index is 0.0139. The second kappa shape index (κ2) is 9.93. The second-order valence-corrected chi connectivity index (χ2v) is 14.5. The number of hydrogen-bond donors (Lipinski definition) is 1. The molecule has 3 amide bonds. The molecule has 46 heavy (non-hydrogen) atoms. The third-order valence-electron chi connectivity index (χ3n) is 8.84. The molecule has 1 aromatic heterocycles. The van der Waals surface area contributed by atoms with Crippen molar-refractivity contribution in [2.45, 2.75) is 83.9 Å². The van der Waals surface area contributed by atoms with Gasteiger partial charge in [-0.3, -0.25) is 24.0 Å². The van der Waals surface area contributed by atoms with Crippen LogP contribution in [0.3, 0.4) is 0 Å². The molecule has 0 aliphatic carbocycles. The van der Waals surface area contributed by atoms with Gasteiger partial charge in [0.2, 0.25) is 5.72 Å². The zero-order valence-electron chi connectivity index (χ0n) is 27.6. The quantitative estimate of drug-likeness (QED) is 0.407. The van der Waals surface area contributed by atoms with Crippen molar-refractivity contribution in [1.82, 2.24) is 14.4 Å². The van der Waals surface area contributed by atoms with E-state index in [2.05, 4.69) is 0 Å². The van der Waals surface area contributed by atoms with Crippen LogP contribution in [0.4, 0.5) is 15.3 Å². The lowest BCUT2D eigenvalue weighted by molar-refractivity contribution is -0.195. The summed E-state index contributed by atoms with van der Waals surface area (Å²) in [5.41, 5.74) is -3.00. The van der Waals surface area contributed by atoms with Gasteiger partial charge in [-0.15, -0.1) is 0 Å². The first kappa shape index (κ1) is 31.3. The maximum atomic E-state index is 14.6. The lowest BCUT2D eigenvalue weighted by Gasteiger charge is -2.49. The number of aromatic nitrogens is 1. The normalized spacial score (nSPS) is 24.3. The van der Waals surface area contributed by atoms with Gasteiger partial charge in [0.1, 0.15) is 23.1 Å². The van der Waals surface area contributed by atoms with E-state index in [9.17, 15) is 24.3 Å². The SMILES string of the molecule is CC(C)C1(O)C(=O)N2C(=C[C@]3(c4cn(C(=O)OC(C)(C)C)c5ccccc45)c4ccccc4N(C(=O)OC(C)(C)C)[C@H]23)C(=O)N1C. The molecule has 3 aliphatic rings. The Hall–Kier alpha value is -4.64. The fourth-order valence-corrected chi connectivity index (χ4v) is 6.91. The fourth-order valence-electron chi connectivity index (χ4n) is 6.91. The average molecular weight is 629 g/mol. The molecule has 11 nitrogen and oxygen atoms in total. The van der Waals surface area contributed by atoms with E-state index < -0.39 is 58.4 Å². The summed E-state index contributed by atoms with van der Waals surface area (Å²) in [6.07, 6.45) is 0.818. The topological polar surface area (TPSA) is 122 Å². The van der Waals surface area contributed by atoms with Crippen LogP contribution < -0.4 is 4.90 Å². The molecule has 3 atom stereocenters. The summed E-state index contributed by atoms with van der Waals surface area (Å²) in [5.74, 6) is -2.01. The van der Waals surface area contributed by atoms with Crippen molar-refractivity contribution < 1.29 is 33.8 Å². The van der Waals surface area contributed by atoms with Gasteiger partial charge in [-0.05, 0) is 70.9 Å². The predicted octanol–water partition coefficient (Wildman–Crippen LogP) is 5.33. The van der Waals surface area contributed by atoms with Gasteiger partial charge in [-0.25, -0.2) is 9.59 Å². The van der Waals surface area contributed by atoms with E-state index in [1.165, 1.54) is 21.4 Å². The van der Waals surface area contributed by atoms with Crippen LogP contribution in [-0.2, 0) is 24.5 Å². The van der Waals surface area contributed by atoms with Gasteiger partial charge in [-0.2, -0.15) is 0 Å². The first-order valence-electron chi connectivity index (χ1n) is 15.4. The van der Waals surface area contributed by atoms with E-state index >= 15 is 0 Å². The summed E-state index contributed by atoms with van der Waals surface area (Å²) in [7, 11) is 1.40. The maximum Gasteiger partial charge on any atom is 0.419 e. The minimum atomic E-state index is -2.19. The summed E-state index contributed by atoms with van der Waals surface area (Å²) in [5, 5.41) is 12.5. The Kier molecular flexibility index (Phi) is 6.77. The largest absolute Gasteiger partial charge is 0.443 e. The summed E-state index contributed by atoms with van der Waals surface area (Å²) in [4.78, 5) is 60.2. The number of likely N-dealkylation sites (N-methyl/N-ethyl adjacent to an activating group) is 1. The number of piperazine rings is 1. The van der Waals surface area contributed by atoms with Crippen LogP contribution in [0.5, 0.6) is 0 Å². The van der Waals surface area contributed by atoms with Crippen LogP contribution in [0.25, 0.3) is 10.9 Å². The van der Waals surface area contributed by atoms with Crippen LogP contribution in [-0.4, -0.2) is 73.6 Å². The van der Waals surface area contributed by atoms with Crippen molar-refractivity contribution >= 4 is 40.6 Å². The van der Waals surface area contributed by atoms with Crippen molar-refractivity contribution in [1.29, 1.82) is 0 Å². The third-order valence-corrected chi connectivity index (χ3v) is 8.84. The Morgan fingerprint density at radius 1 is 0.870 bits per heavy atom. The number of amides is 3. The second-order valence-electron chi connectivity index (χ2n) is 14.5. The number of aliphatic hydroxyl groups is 1. The molecule has 0 radical (unpaired) electrons. The van der Waals surface area contributed by atoms with Gasteiger partial charge < -0.3 is 19.5 Å². The first-order valence-corrected chi connectivity index (χ1v) is 15.4. The van der Waals surface area contributed by atoms with Crippen molar-refractivity contribution in [3.05, 3.63) is 77.6 Å². The Labute approximate surface area is 267 Å². The molecular formula is C35H40N4O7. The van der Waals surface area contributed by atoms with Crippen molar-refractivity contribution in [2.24, 2.45) is 5.92 Å². The highest BCUT2D eigenvalue weighted by molar-refractivity contribution is 6.10. The number of hydrogen-bond acceptors (Lipinski definition) is 7. The zero-order valence-corrected chi connectivity index (χ0v) is 27.6. The number of nitrogens with zero attached hydrogens (tertiary/aromatic N) is 4. The zero-order chi connectivity index (χ0) is 33.7. The van der Waals surface area contributed by atoms with E-state index in [0.29, 0.717) is 27.7 Å². The van der Waals surface area contributed by atoms with Crippen molar-refractivity contribution in [3.8, 4) is 0 Å². The minimum Gasteiger partial charge on any atom is -0.443 e. The van der Waals surface area contributed by atoms with E-state index in [1.807, 2.05) is 24.3 Å². The highest BCUT2D eigenvalue weighted by atomic mass is 16.6. The Bertz CT molecular complexity index is 1840. The monoisotopic (exact) mass is 628 g/mol. The number of fused-ring (bicyclic) bond motifs is 6. The van der Waals surface area contributed by atoms with Gasteiger partial charge in [0.25, 0.3) is 11.8 Å². The standard InChI is InChI=1S/C35H40N4O7/c1-20(2)35(44)29(41)38-26(27(40)36(35)9)18-34(22-15-11-13-17-25(22)39(28(34)38)31(43)46-33(6,7)8)23-19-37(30(42)45-32(3,4)5)24-16-12-10-14-21(23)24/h10-20,28,44H,1-9H3/t28-,34+,35?/m0/s1. The van der Waals surface area contributed by atoms with Gasteiger partial charge in [0.05, 0.1) is 16.6 Å².